The lowest BCUT2D eigenvalue weighted by Gasteiger charge is -2.33. The molecule has 1 aromatic carbocycles. The Hall–Kier alpha value is -0.860. The number of aliphatic hydroxyl groups is 1. The second-order valence-electron chi connectivity index (χ2n) is 4.56. The number of nitrogens with one attached hydrogen (secondary N) is 1. The molecule has 0 radical (unpaired) electrons. The fraction of sp³-hybridized carbons (Fsp3) is 0.538. The molecule has 0 fully saturated rings. The van der Waals surface area contributed by atoms with Gasteiger partial charge in [-0.25, -0.2) is 0 Å². The summed E-state index contributed by atoms with van der Waals surface area (Å²) in [5, 5.41) is 13.8. The molecule has 0 spiro atoms. The maximum atomic E-state index is 10.4. The quantitative estimate of drug-likeness (QED) is 0.794. The fourth-order valence-corrected chi connectivity index (χ4v) is 1.69. The van der Waals surface area contributed by atoms with Gasteiger partial charge >= 0.3 is 0 Å². The summed E-state index contributed by atoms with van der Waals surface area (Å²) in [5.41, 5.74) is 0.122. The molecule has 2 nitrogen and oxygen atoms in total. The molecule has 2 heteroatoms. The molecule has 1 rings (SSSR count). The van der Waals surface area contributed by atoms with Crippen LogP contribution in [0.1, 0.15) is 33.3 Å². The van der Waals surface area contributed by atoms with Crippen molar-refractivity contribution in [2.75, 3.05) is 0 Å². The van der Waals surface area contributed by atoms with Crippen LogP contribution in [0.15, 0.2) is 30.3 Å². The highest BCUT2D eigenvalue weighted by Gasteiger charge is 2.30. The van der Waals surface area contributed by atoms with Gasteiger partial charge < -0.3 is 10.4 Å². The molecule has 0 aliphatic carbocycles. The average Bonchev–Trinajstić information content (AvgIpc) is 2.18. The van der Waals surface area contributed by atoms with Gasteiger partial charge in [0.05, 0.1) is 0 Å². The first-order valence-electron chi connectivity index (χ1n) is 5.48. The van der Waals surface area contributed by atoms with Gasteiger partial charge in [0.1, 0.15) is 5.60 Å². The van der Waals surface area contributed by atoms with E-state index in [1.54, 1.807) is 0 Å². The Kier molecular flexibility index (Phi) is 3.89. The third-order valence-corrected chi connectivity index (χ3v) is 2.78. The predicted molar refractivity (Wildman–Crippen MR) is 63.7 cm³/mol. The minimum Gasteiger partial charge on any atom is -0.384 e. The van der Waals surface area contributed by atoms with Crippen LogP contribution in [0, 0.1) is 0 Å². The van der Waals surface area contributed by atoms with Gasteiger partial charge in [0.2, 0.25) is 0 Å². The molecule has 2 atom stereocenters. The zero-order chi connectivity index (χ0) is 11.5. The monoisotopic (exact) mass is 207 g/mol. The molecule has 84 valence electrons. The molecule has 0 unspecified atom stereocenters. The summed E-state index contributed by atoms with van der Waals surface area (Å²) in [5.74, 6) is 0. The standard InChI is InChI=1S/C13H21NO/c1-10(2)14-11(3)13(4,15)12-8-6-5-7-9-12/h5-11,14-15H,1-4H3/t11-,13+/m1/s1. The van der Waals surface area contributed by atoms with Crippen molar-refractivity contribution >= 4 is 0 Å². The lowest BCUT2D eigenvalue weighted by atomic mass is 9.89. The van der Waals surface area contributed by atoms with E-state index in [2.05, 4.69) is 19.2 Å². The number of hydrogen-bond donors (Lipinski definition) is 2. The molecule has 15 heavy (non-hydrogen) atoms. The SMILES string of the molecule is CC(C)N[C@H](C)[C@](C)(O)c1ccccc1. The van der Waals surface area contributed by atoms with Gasteiger partial charge in [-0.2, -0.15) is 0 Å². The van der Waals surface area contributed by atoms with Crippen molar-refractivity contribution in [2.24, 2.45) is 0 Å². The first kappa shape index (κ1) is 12.2. The van der Waals surface area contributed by atoms with Crippen LogP contribution in [-0.4, -0.2) is 17.2 Å². The summed E-state index contributed by atoms with van der Waals surface area (Å²) in [4.78, 5) is 0. The molecule has 0 saturated heterocycles. The van der Waals surface area contributed by atoms with Crippen LogP contribution in [0.25, 0.3) is 0 Å². The average molecular weight is 207 g/mol. The Morgan fingerprint density at radius 1 is 1.13 bits per heavy atom. The summed E-state index contributed by atoms with van der Waals surface area (Å²) < 4.78 is 0. The molecule has 1 aromatic rings. The van der Waals surface area contributed by atoms with E-state index in [0.29, 0.717) is 6.04 Å². The van der Waals surface area contributed by atoms with Gasteiger partial charge in [0.15, 0.2) is 0 Å². The zero-order valence-electron chi connectivity index (χ0n) is 9.99. The van der Waals surface area contributed by atoms with Crippen LogP contribution >= 0.6 is 0 Å². The van der Waals surface area contributed by atoms with Crippen molar-refractivity contribution in [2.45, 2.75) is 45.4 Å². The van der Waals surface area contributed by atoms with E-state index in [-0.39, 0.29) is 6.04 Å². The molecule has 0 heterocycles. The molecular formula is C13H21NO. The third kappa shape index (κ3) is 3.05. The molecule has 0 aliphatic heterocycles. The number of benzene rings is 1. The second kappa shape index (κ2) is 4.77. The van der Waals surface area contributed by atoms with E-state index in [1.165, 1.54) is 0 Å². The minimum atomic E-state index is -0.828. The molecule has 2 N–H and O–H groups in total. The summed E-state index contributed by atoms with van der Waals surface area (Å²) in [7, 11) is 0. The lowest BCUT2D eigenvalue weighted by molar-refractivity contribution is 0.0187. The Morgan fingerprint density at radius 2 is 1.67 bits per heavy atom. The molecule has 0 amide bonds. The first-order chi connectivity index (χ1) is 6.94. The second-order valence-corrected chi connectivity index (χ2v) is 4.56. The van der Waals surface area contributed by atoms with Crippen molar-refractivity contribution in [1.29, 1.82) is 0 Å². The first-order valence-corrected chi connectivity index (χ1v) is 5.48. The van der Waals surface area contributed by atoms with Crippen molar-refractivity contribution in [1.82, 2.24) is 5.32 Å². The summed E-state index contributed by atoms with van der Waals surface area (Å²) in [6.07, 6.45) is 0. The summed E-state index contributed by atoms with van der Waals surface area (Å²) >= 11 is 0. The van der Waals surface area contributed by atoms with Crippen LogP contribution in [0.4, 0.5) is 0 Å². The number of rotatable bonds is 4. The Balaban J connectivity index is 2.82. The highest BCUT2D eigenvalue weighted by molar-refractivity contribution is 5.23. The van der Waals surface area contributed by atoms with E-state index >= 15 is 0 Å². The smallest absolute Gasteiger partial charge is 0.102 e. The summed E-state index contributed by atoms with van der Waals surface area (Å²) in [6.45, 7) is 8.02. The Labute approximate surface area is 92.3 Å². The van der Waals surface area contributed by atoms with Gasteiger partial charge in [0, 0.05) is 12.1 Å². The van der Waals surface area contributed by atoms with Crippen LogP contribution < -0.4 is 5.32 Å². The maximum Gasteiger partial charge on any atom is 0.102 e. The third-order valence-electron chi connectivity index (χ3n) is 2.78. The zero-order valence-corrected chi connectivity index (χ0v) is 9.99. The molecule has 0 aromatic heterocycles. The van der Waals surface area contributed by atoms with Crippen LogP contribution in [-0.2, 0) is 5.60 Å². The van der Waals surface area contributed by atoms with E-state index in [9.17, 15) is 5.11 Å². The topological polar surface area (TPSA) is 32.3 Å². The van der Waals surface area contributed by atoms with Gasteiger partial charge in [-0.15, -0.1) is 0 Å². The van der Waals surface area contributed by atoms with E-state index in [0.717, 1.165) is 5.56 Å². The lowest BCUT2D eigenvalue weighted by Crippen LogP contribution is -2.47. The molecule has 0 saturated carbocycles. The van der Waals surface area contributed by atoms with Gasteiger partial charge in [0.25, 0.3) is 0 Å². The largest absolute Gasteiger partial charge is 0.384 e. The van der Waals surface area contributed by atoms with E-state index in [1.807, 2.05) is 44.2 Å². The highest BCUT2D eigenvalue weighted by Crippen LogP contribution is 2.24. The minimum absolute atomic E-state index is 0.0277. The number of hydrogen-bond acceptors (Lipinski definition) is 2. The van der Waals surface area contributed by atoms with Crippen molar-refractivity contribution in [3.63, 3.8) is 0 Å². The molecule has 0 aliphatic rings. The predicted octanol–water partition coefficient (Wildman–Crippen LogP) is 2.28. The van der Waals surface area contributed by atoms with E-state index in [4.69, 9.17) is 0 Å². The van der Waals surface area contributed by atoms with E-state index < -0.39 is 5.60 Å². The normalized spacial score (nSPS) is 17.5. The maximum absolute atomic E-state index is 10.4. The fourth-order valence-electron chi connectivity index (χ4n) is 1.69. The summed E-state index contributed by atoms with van der Waals surface area (Å²) in [6, 6.07) is 10.2. The van der Waals surface area contributed by atoms with Crippen LogP contribution in [0.5, 0.6) is 0 Å². The van der Waals surface area contributed by atoms with Gasteiger partial charge in [-0.3, -0.25) is 0 Å². The molecular weight excluding hydrogens is 186 g/mol. The van der Waals surface area contributed by atoms with Crippen LogP contribution in [0.2, 0.25) is 0 Å². The molecule has 0 bridgehead atoms. The van der Waals surface area contributed by atoms with Crippen molar-refractivity contribution in [3.05, 3.63) is 35.9 Å². The highest BCUT2D eigenvalue weighted by atomic mass is 16.3. The van der Waals surface area contributed by atoms with Crippen molar-refractivity contribution in [3.8, 4) is 0 Å². The van der Waals surface area contributed by atoms with Gasteiger partial charge in [-0.05, 0) is 19.4 Å². The Bertz CT molecular complexity index is 293. The van der Waals surface area contributed by atoms with Crippen molar-refractivity contribution < 1.29 is 5.11 Å². The van der Waals surface area contributed by atoms with Crippen LogP contribution in [0.3, 0.4) is 0 Å². The Morgan fingerprint density at radius 3 is 2.13 bits per heavy atom. The van der Waals surface area contributed by atoms with Gasteiger partial charge in [-0.1, -0.05) is 44.2 Å².